The van der Waals surface area contributed by atoms with Crippen LogP contribution in [0.4, 0.5) is 0 Å². The van der Waals surface area contributed by atoms with Gasteiger partial charge in [0.15, 0.2) is 11.5 Å². The molecule has 0 amide bonds. The number of aliphatic hydroxyl groups excluding tert-OH is 2. The molecule has 0 bridgehead atoms. The van der Waals surface area contributed by atoms with Crippen molar-refractivity contribution in [2.24, 2.45) is 41.4 Å². The number of carbonyl (C=O) groups is 2. The average molecular weight is 1030 g/mol. The number of carboxylic acids is 1. The SMILES string of the molecule is CCC(C(=O)[O-])C1CCC(C)C(C(C)C(O)C(C)C(=O)C(CC)C2OC3(C=CC(O)C4(CCC(C)(C5CCC(O)(CC)C(C)O5)O4)O3)C(C)CC2C)O1.COc1c(C(C)C)oc2cc3oc(=O)ccc3cc12.[Na+]. The zero-order chi connectivity index (χ0) is 52.8. The van der Waals surface area contributed by atoms with Gasteiger partial charge in [0, 0.05) is 65.4 Å². The van der Waals surface area contributed by atoms with Crippen LogP contribution in [0.15, 0.2) is 50.0 Å². The summed E-state index contributed by atoms with van der Waals surface area (Å²) in [5, 5.41) is 47.7. The van der Waals surface area contributed by atoms with E-state index < -0.39 is 82.9 Å². The number of Topliss-reactive ketones (excluding diaryl/α,β-unsaturated/α-hetero) is 1. The number of methoxy groups -OCH3 is 1. The van der Waals surface area contributed by atoms with Crippen LogP contribution in [0.3, 0.4) is 0 Å². The average Bonchev–Trinajstić information content (AvgIpc) is 3.89. The van der Waals surface area contributed by atoms with Crippen molar-refractivity contribution in [1.29, 1.82) is 0 Å². The van der Waals surface area contributed by atoms with Gasteiger partial charge in [-0.3, -0.25) is 4.79 Å². The fourth-order valence-corrected chi connectivity index (χ4v) is 12.7. The van der Waals surface area contributed by atoms with Gasteiger partial charge in [-0.25, -0.2) is 4.79 Å². The normalized spacial score (nSPS) is 36.5. The molecule has 0 radical (unpaired) electrons. The Labute approximate surface area is 453 Å². The van der Waals surface area contributed by atoms with Gasteiger partial charge in [-0.15, -0.1) is 0 Å². The van der Waals surface area contributed by atoms with E-state index in [2.05, 4.69) is 20.8 Å². The fraction of sp³-hybridized carbons (Fsp3) is 0.737. The zero-order valence-corrected chi connectivity index (χ0v) is 47.9. The molecule has 18 unspecified atom stereocenters. The minimum Gasteiger partial charge on any atom is -0.550 e. The molecule has 1 aromatic carbocycles. The molecular formula is C57H83NaO15. The molecule has 16 heteroatoms. The molecule has 7 heterocycles. The summed E-state index contributed by atoms with van der Waals surface area (Å²) in [5.74, 6) is -4.47. The molecule has 3 aromatic rings. The van der Waals surface area contributed by atoms with Crippen LogP contribution in [-0.2, 0) is 33.3 Å². The predicted molar refractivity (Wildman–Crippen MR) is 269 cm³/mol. The predicted octanol–water partition coefficient (Wildman–Crippen LogP) is 5.53. The Bertz CT molecular complexity index is 2470. The Kier molecular flexibility index (Phi) is 19.2. The molecule has 2 spiro atoms. The third kappa shape index (κ3) is 11.6. The van der Waals surface area contributed by atoms with Crippen molar-refractivity contribution in [2.45, 2.75) is 219 Å². The summed E-state index contributed by atoms with van der Waals surface area (Å²) in [7, 11) is 1.63. The summed E-state index contributed by atoms with van der Waals surface area (Å²) < 4.78 is 49.8. The Morgan fingerprint density at radius 2 is 1.58 bits per heavy atom. The molecule has 2 aromatic heterocycles. The Morgan fingerprint density at radius 3 is 2.19 bits per heavy atom. The first-order chi connectivity index (χ1) is 33.9. The van der Waals surface area contributed by atoms with Gasteiger partial charge >= 0.3 is 35.2 Å². The number of benzene rings is 1. The molecule has 5 aliphatic heterocycles. The van der Waals surface area contributed by atoms with Gasteiger partial charge in [-0.05, 0) is 108 Å². The Morgan fingerprint density at radius 1 is 0.877 bits per heavy atom. The van der Waals surface area contributed by atoms with Crippen LogP contribution >= 0.6 is 0 Å². The number of hydrogen-bond acceptors (Lipinski definition) is 15. The molecule has 4 saturated heterocycles. The van der Waals surface area contributed by atoms with Crippen LogP contribution in [0.5, 0.6) is 5.75 Å². The number of ketones is 1. The fourth-order valence-electron chi connectivity index (χ4n) is 12.7. The number of carbonyl (C=O) groups excluding carboxylic acids is 2. The minimum atomic E-state index is -1.37. The van der Waals surface area contributed by atoms with E-state index in [-0.39, 0.29) is 76.8 Å². The van der Waals surface area contributed by atoms with E-state index in [4.69, 9.17) is 37.3 Å². The quantitative estimate of drug-likeness (QED) is 0.103. The molecular weight excluding hydrogens is 948 g/mol. The number of hydrogen-bond donors (Lipinski definition) is 3. The standard InChI is InChI=1S/C42H70O11.C15H14O4.Na/c1-11-29(38(46)47)31-15-14-23(4)36(50-31)27(8)34(44)26(7)35(45)30(12-2)37-24(5)22-25(6)41(51-37)19-16-32(43)42(53-41)21-20-39(10,52-42)33-17-18-40(48,13-3)28(9)49-33;1-8(2)14-15(17-3)10-6-9-4-5-13(16)18-11(9)7-12(10)19-14;/h16,19,23-34,36-37,43-44,48H,11-15,17-18,20-22H2,1-10H3,(H,46,47);4-8H,1-3H3;/q;;+1/p-1. The van der Waals surface area contributed by atoms with Crippen molar-refractivity contribution >= 4 is 33.7 Å². The molecule has 8 rings (SSSR count). The van der Waals surface area contributed by atoms with Crippen LogP contribution < -0.4 is 45.0 Å². The van der Waals surface area contributed by atoms with Crippen LogP contribution in [0.2, 0.25) is 0 Å². The van der Waals surface area contributed by atoms with E-state index in [0.717, 1.165) is 28.7 Å². The monoisotopic (exact) mass is 1030 g/mol. The number of furan rings is 1. The van der Waals surface area contributed by atoms with Gasteiger partial charge in [0.05, 0.1) is 60.3 Å². The van der Waals surface area contributed by atoms with E-state index in [1.807, 2.05) is 61.5 Å². The second kappa shape index (κ2) is 23.5. The van der Waals surface area contributed by atoms with E-state index >= 15 is 0 Å². The van der Waals surface area contributed by atoms with Gasteiger partial charge in [0.2, 0.25) is 5.79 Å². The van der Waals surface area contributed by atoms with Crippen molar-refractivity contribution in [3.05, 3.63) is 52.6 Å². The number of rotatable bonds is 14. The van der Waals surface area contributed by atoms with Gasteiger partial charge in [-0.2, -0.15) is 0 Å². The van der Waals surface area contributed by atoms with Crippen LogP contribution in [-0.4, -0.2) is 99.7 Å². The van der Waals surface area contributed by atoms with E-state index in [9.17, 15) is 34.8 Å². The molecule has 18 atom stereocenters. The smallest absolute Gasteiger partial charge is 0.550 e. The van der Waals surface area contributed by atoms with Crippen LogP contribution in [0, 0.1) is 41.4 Å². The maximum atomic E-state index is 14.4. The molecule has 0 aliphatic carbocycles. The molecule has 402 valence electrons. The molecule has 3 N–H and O–H groups in total. The number of aliphatic carboxylic acids is 1. The first-order valence-electron chi connectivity index (χ1n) is 26.9. The second-order valence-electron chi connectivity index (χ2n) is 22.7. The molecule has 73 heavy (non-hydrogen) atoms. The first-order valence-corrected chi connectivity index (χ1v) is 26.9. The van der Waals surface area contributed by atoms with E-state index in [1.165, 1.54) is 6.07 Å². The van der Waals surface area contributed by atoms with Crippen molar-refractivity contribution in [3.8, 4) is 5.75 Å². The molecule has 0 saturated carbocycles. The Hall–Kier alpha value is -2.67. The number of fused-ring (bicyclic) bond motifs is 2. The molecule has 5 aliphatic rings. The molecule has 15 nitrogen and oxygen atoms in total. The largest absolute Gasteiger partial charge is 1.00 e. The van der Waals surface area contributed by atoms with Gasteiger partial charge in [0.25, 0.3) is 0 Å². The first kappa shape index (κ1) is 59.6. The maximum absolute atomic E-state index is 14.4. The summed E-state index contributed by atoms with van der Waals surface area (Å²) in [6.07, 6.45) is 5.22. The van der Waals surface area contributed by atoms with E-state index in [1.54, 1.807) is 38.3 Å². The minimum absolute atomic E-state index is 0. The summed E-state index contributed by atoms with van der Waals surface area (Å²) in [4.78, 5) is 37.5. The van der Waals surface area contributed by atoms with Crippen LogP contribution in [0.1, 0.15) is 159 Å². The maximum Gasteiger partial charge on any atom is 1.00 e. The Balaban J connectivity index is 0.000000361. The van der Waals surface area contributed by atoms with Crippen molar-refractivity contribution in [1.82, 2.24) is 0 Å². The number of carboxylic acid groups (broad SMARTS) is 1. The second-order valence-corrected chi connectivity index (χ2v) is 22.7. The van der Waals surface area contributed by atoms with E-state index in [0.29, 0.717) is 69.0 Å². The summed E-state index contributed by atoms with van der Waals surface area (Å²) in [5.41, 5.74) is -0.813. The van der Waals surface area contributed by atoms with Gasteiger partial charge < -0.3 is 62.5 Å². The number of aliphatic hydroxyl groups is 3. The van der Waals surface area contributed by atoms with Crippen molar-refractivity contribution < 1.29 is 96.8 Å². The van der Waals surface area contributed by atoms with Gasteiger partial charge in [0.1, 0.15) is 28.8 Å². The van der Waals surface area contributed by atoms with Gasteiger partial charge in [-0.1, -0.05) is 69.2 Å². The summed E-state index contributed by atoms with van der Waals surface area (Å²) >= 11 is 0. The number of ether oxygens (including phenoxy) is 6. The third-order valence-corrected chi connectivity index (χ3v) is 17.6. The topological polar surface area (TPSA) is 217 Å². The van der Waals surface area contributed by atoms with Crippen molar-refractivity contribution in [3.63, 3.8) is 0 Å². The third-order valence-electron chi connectivity index (χ3n) is 17.6. The molecule has 4 fully saturated rings. The van der Waals surface area contributed by atoms with Crippen molar-refractivity contribution in [2.75, 3.05) is 7.11 Å². The zero-order valence-electron chi connectivity index (χ0n) is 45.9. The summed E-state index contributed by atoms with van der Waals surface area (Å²) in [6, 6.07) is 6.80. The van der Waals surface area contributed by atoms with Crippen LogP contribution in [0.25, 0.3) is 21.9 Å². The summed E-state index contributed by atoms with van der Waals surface area (Å²) in [6.45, 7) is 23.6.